The molecular weight excluding hydrogens is 324 g/mol. The maximum atomic E-state index is 15.0. The molecule has 0 radical (unpaired) electrons. The summed E-state index contributed by atoms with van der Waals surface area (Å²) in [5.74, 6) is 0.136. The van der Waals surface area contributed by atoms with Gasteiger partial charge in [0.05, 0.1) is 12.3 Å². The Morgan fingerprint density at radius 3 is 2.86 bits per heavy atom. The lowest BCUT2D eigenvalue weighted by atomic mass is 9.95. The van der Waals surface area contributed by atoms with Crippen LogP contribution in [0.15, 0.2) is 11.0 Å². The number of aliphatic hydroxyl groups is 2. The number of aromatic nitrogens is 2. The summed E-state index contributed by atoms with van der Waals surface area (Å²) in [7, 11) is 0. The third kappa shape index (κ3) is 2.55. The van der Waals surface area contributed by atoms with E-state index in [1.54, 1.807) is 5.38 Å². The number of anilines is 1. The molecule has 0 saturated carbocycles. The van der Waals surface area contributed by atoms with Gasteiger partial charge in [-0.15, -0.1) is 0 Å². The maximum Gasteiger partial charge on any atom is 0.351 e. The third-order valence-electron chi connectivity index (χ3n) is 3.29. The molecule has 10 heteroatoms. The molecule has 5 atom stereocenters. The first-order valence-corrected chi connectivity index (χ1v) is 6.47. The summed E-state index contributed by atoms with van der Waals surface area (Å²) in [4.78, 5) is 15.0. The van der Waals surface area contributed by atoms with Crippen molar-refractivity contribution in [3.05, 3.63) is 22.5 Å². The lowest BCUT2D eigenvalue weighted by molar-refractivity contribution is -0.0805. The Hall–Kier alpha value is -1.73. The molecule has 0 bridgehead atoms. The molecule has 1 aliphatic rings. The zero-order valence-corrected chi connectivity index (χ0v) is 12.0. The Morgan fingerprint density at radius 2 is 2.32 bits per heavy atom. The molecule has 1 saturated heterocycles. The van der Waals surface area contributed by atoms with Crippen LogP contribution < -0.4 is 11.4 Å². The van der Waals surface area contributed by atoms with Gasteiger partial charge in [0.1, 0.15) is 12.2 Å². The third-order valence-corrected chi connectivity index (χ3v) is 3.38. The molecule has 1 aromatic heterocycles. The van der Waals surface area contributed by atoms with Gasteiger partial charge < -0.3 is 20.7 Å². The predicted octanol–water partition coefficient (Wildman–Crippen LogP) is -0.488. The van der Waals surface area contributed by atoms with Crippen molar-refractivity contribution >= 4 is 17.4 Å². The summed E-state index contributed by atoms with van der Waals surface area (Å²) >= 11 is 5.19. The van der Waals surface area contributed by atoms with Crippen molar-refractivity contribution in [1.29, 1.82) is 0 Å². The van der Waals surface area contributed by atoms with Gasteiger partial charge in [0.2, 0.25) is 5.67 Å². The Kier molecular flexibility index (Phi) is 4.39. The summed E-state index contributed by atoms with van der Waals surface area (Å²) in [6.07, 6.45) is -5.88. The average Bonchev–Trinajstić information content (AvgIpc) is 2.68. The quantitative estimate of drug-likeness (QED) is 0.629. The molecule has 2 rings (SSSR count). The molecule has 0 aliphatic carbocycles. The van der Waals surface area contributed by atoms with Gasteiger partial charge in [-0.3, -0.25) is 4.57 Å². The van der Waals surface area contributed by atoms with E-state index in [4.69, 9.17) is 22.1 Å². The molecule has 120 valence electrons. The molecule has 22 heavy (non-hydrogen) atoms. The smallest absolute Gasteiger partial charge is 0.351 e. The number of alkyl halides is 1. The molecule has 4 N–H and O–H groups in total. The number of nitrogens with two attached hydrogens (primary N) is 1. The summed E-state index contributed by atoms with van der Waals surface area (Å²) in [5.41, 5.74) is 1.18. The zero-order chi connectivity index (χ0) is 16.7. The van der Waals surface area contributed by atoms with Crippen molar-refractivity contribution in [1.82, 2.24) is 9.55 Å². The lowest BCUT2D eigenvalue weighted by Gasteiger charge is -2.23. The monoisotopic (exact) mass is 335 g/mol. The largest absolute Gasteiger partial charge is 0.391 e. The van der Waals surface area contributed by atoms with Crippen molar-refractivity contribution in [2.24, 2.45) is 0 Å². The van der Waals surface area contributed by atoms with E-state index in [2.05, 4.69) is 4.98 Å². The number of ether oxygens (including phenoxy) is 1. The van der Waals surface area contributed by atoms with Gasteiger partial charge in [-0.25, -0.2) is 13.6 Å². The van der Waals surface area contributed by atoms with Crippen LogP contribution >= 0.6 is 11.6 Å². The van der Waals surface area contributed by atoms with Crippen LogP contribution in [0.2, 0.25) is 0 Å². The maximum absolute atomic E-state index is 15.0. The summed E-state index contributed by atoms with van der Waals surface area (Å²) in [6, 6.07) is 0. The highest BCUT2D eigenvalue weighted by molar-refractivity contribution is 6.30. The van der Waals surface area contributed by atoms with E-state index in [1.165, 1.54) is 6.92 Å². The number of halogens is 3. The van der Waals surface area contributed by atoms with Crippen molar-refractivity contribution < 1.29 is 23.7 Å². The fourth-order valence-corrected chi connectivity index (χ4v) is 2.33. The van der Waals surface area contributed by atoms with Crippen molar-refractivity contribution in [2.75, 3.05) is 5.73 Å². The first-order chi connectivity index (χ1) is 10.2. The second-order valence-electron chi connectivity index (χ2n) is 4.79. The number of hydrogen-bond acceptors (Lipinski definition) is 6. The molecular formula is C12H12ClF2N3O4. The minimum absolute atomic E-state index is 0.457. The number of rotatable bonds is 2. The second kappa shape index (κ2) is 5.81. The highest BCUT2D eigenvalue weighted by atomic mass is 35.5. The highest BCUT2D eigenvalue weighted by Gasteiger charge is 2.59. The molecule has 7 nitrogen and oxygen atoms in total. The molecule has 0 spiro atoms. The molecule has 1 fully saturated rings. The molecule has 0 amide bonds. The van der Waals surface area contributed by atoms with Crippen molar-refractivity contribution in [2.45, 2.75) is 37.1 Å². The van der Waals surface area contributed by atoms with Gasteiger partial charge in [-0.2, -0.15) is 4.98 Å². The predicted molar refractivity (Wildman–Crippen MR) is 71.9 cm³/mol. The first kappa shape index (κ1) is 16.6. The Morgan fingerprint density at radius 1 is 1.68 bits per heavy atom. The number of aliphatic hydroxyl groups excluding tert-OH is 2. The molecule has 1 aromatic rings. The van der Waals surface area contributed by atoms with E-state index < -0.39 is 47.5 Å². The van der Waals surface area contributed by atoms with E-state index in [0.717, 1.165) is 0 Å². The van der Waals surface area contributed by atoms with Gasteiger partial charge in [-0.05, 0) is 24.4 Å². The van der Waals surface area contributed by atoms with Gasteiger partial charge in [0, 0.05) is 5.38 Å². The van der Waals surface area contributed by atoms with Crippen LogP contribution in [0.3, 0.4) is 0 Å². The number of hydrogen-bond donors (Lipinski definition) is 3. The SMILES string of the molecule is C[C@@H](O)[C@H]1O[C@@H](n2cc(F)c(N)nc2=O)C(F)(C#CCl)[C@H]1O. The van der Waals surface area contributed by atoms with Gasteiger partial charge in [-0.1, -0.05) is 0 Å². The van der Waals surface area contributed by atoms with Gasteiger partial charge in [0.25, 0.3) is 0 Å². The van der Waals surface area contributed by atoms with Gasteiger partial charge in [0.15, 0.2) is 17.9 Å². The topological polar surface area (TPSA) is 111 Å². The van der Waals surface area contributed by atoms with Crippen LogP contribution in [-0.4, -0.2) is 43.7 Å². The lowest BCUT2D eigenvalue weighted by Crippen LogP contribution is -2.45. The fraction of sp³-hybridized carbons (Fsp3) is 0.500. The summed E-state index contributed by atoms with van der Waals surface area (Å²) in [5, 5.41) is 21.3. The molecule has 0 aromatic carbocycles. The normalized spacial score (nSPS) is 32.4. The Balaban J connectivity index is 2.59. The van der Waals surface area contributed by atoms with Crippen LogP contribution in [0, 0.1) is 17.1 Å². The second-order valence-corrected chi connectivity index (χ2v) is 4.98. The summed E-state index contributed by atoms with van der Waals surface area (Å²) < 4.78 is 34.1. The van der Waals surface area contributed by atoms with E-state index in [0.29, 0.717) is 10.8 Å². The minimum Gasteiger partial charge on any atom is -0.391 e. The van der Waals surface area contributed by atoms with Crippen LogP contribution in [0.5, 0.6) is 0 Å². The van der Waals surface area contributed by atoms with E-state index in [9.17, 15) is 23.8 Å². The van der Waals surface area contributed by atoms with Gasteiger partial charge >= 0.3 is 5.69 Å². The standard InChI is InChI=1S/C12H12ClF2N3O4/c1-5(19)7-8(20)12(15,2-3-13)10(22-7)18-4-6(14)9(16)17-11(18)21/h4-5,7-8,10,19-20H,1H3,(H2,16,17,21)/t5-,7-,8+,10-,12?/m1/s1. The molecule has 1 aliphatic heterocycles. The summed E-state index contributed by atoms with van der Waals surface area (Å²) in [6.45, 7) is 1.25. The van der Waals surface area contributed by atoms with Crippen LogP contribution in [0.1, 0.15) is 13.2 Å². The van der Waals surface area contributed by atoms with E-state index in [-0.39, 0.29) is 0 Å². The van der Waals surface area contributed by atoms with E-state index in [1.807, 2.05) is 5.92 Å². The van der Waals surface area contributed by atoms with Crippen LogP contribution in [0.4, 0.5) is 14.6 Å². The van der Waals surface area contributed by atoms with Crippen LogP contribution in [0.25, 0.3) is 0 Å². The Bertz CT molecular complexity index is 702. The highest BCUT2D eigenvalue weighted by Crippen LogP contribution is 2.41. The van der Waals surface area contributed by atoms with Crippen molar-refractivity contribution in [3.8, 4) is 11.3 Å². The molecule has 2 heterocycles. The average molecular weight is 336 g/mol. The van der Waals surface area contributed by atoms with Crippen LogP contribution in [-0.2, 0) is 4.74 Å². The Labute approximate surface area is 128 Å². The molecule has 1 unspecified atom stereocenters. The number of nitrogen functional groups attached to an aromatic ring is 1. The first-order valence-electron chi connectivity index (χ1n) is 6.09. The minimum atomic E-state index is -2.85. The number of nitrogens with zero attached hydrogens (tertiary/aromatic N) is 2. The van der Waals surface area contributed by atoms with E-state index >= 15 is 0 Å². The van der Waals surface area contributed by atoms with Crippen molar-refractivity contribution in [3.63, 3.8) is 0 Å². The zero-order valence-electron chi connectivity index (χ0n) is 11.2. The fourth-order valence-electron chi connectivity index (χ4n) is 2.19.